The molecule has 0 aliphatic rings. The van der Waals surface area contributed by atoms with Crippen LogP contribution in [0.15, 0.2) is 114 Å². The first-order valence-electron chi connectivity index (χ1n) is 14.2. The number of amides is 3. The molecule has 0 aromatic heterocycles. The van der Waals surface area contributed by atoms with Crippen LogP contribution < -0.4 is 20.7 Å². The van der Waals surface area contributed by atoms with Crippen molar-refractivity contribution in [1.82, 2.24) is 5.32 Å². The molecule has 4 rings (SSSR count). The summed E-state index contributed by atoms with van der Waals surface area (Å²) < 4.78 is 5.71. The van der Waals surface area contributed by atoms with Gasteiger partial charge in [-0.3, -0.25) is 24.5 Å². The molecule has 3 amide bonds. The van der Waals surface area contributed by atoms with Gasteiger partial charge in [-0.15, -0.1) is 11.8 Å². The van der Waals surface area contributed by atoms with E-state index in [9.17, 15) is 24.5 Å². The number of nitrogens with one attached hydrogen (secondary N) is 3. The minimum Gasteiger partial charge on any atom is -0.493 e. The van der Waals surface area contributed by atoms with Crippen molar-refractivity contribution in [3.05, 3.63) is 130 Å². The molecule has 0 aliphatic carbocycles. The van der Waals surface area contributed by atoms with Gasteiger partial charge in [-0.1, -0.05) is 49.4 Å². The molecule has 10 nitrogen and oxygen atoms in total. The smallest absolute Gasteiger partial charge is 0.272 e. The Kier molecular flexibility index (Phi) is 11.5. The van der Waals surface area contributed by atoms with E-state index in [1.54, 1.807) is 66.7 Å². The third-order valence-electron chi connectivity index (χ3n) is 6.43. The number of benzene rings is 4. The molecule has 1 atom stereocenters. The molecule has 0 spiro atoms. The highest BCUT2D eigenvalue weighted by atomic mass is 32.2. The van der Waals surface area contributed by atoms with Gasteiger partial charge in [0.1, 0.15) is 11.4 Å². The summed E-state index contributed by atoms with van der Waals surface area (Å²) in [6.07, 6.45) is 2.08. The Morgan fingerprint density at radius 2 is 1.58 bits per heavy atom. The predicted molar refractivity (Wildman–Crippen MR) is 176 cm³/mol. The van der Waals surface area contributed by atoms with Crippen LogP contribution in [0.5, 0.6) is 5.75 Å². The van der Waals surface area contributed by atoms with Gasteiger partial charge in [0.25, 0.3) is 17.5 Å². The van der Waals surface area contributed by atoms with E-state index in [4.69, 9.17) is 4.74 Å². The van der Waals surface area contributed by atoms with Crippen molar-refractivity contribution in [2.75, 3.05) is 17.2 Å². The lowest BCUT2D eigenvalue weighted by atomic mass is 10.1. The molecule has 230 valence electrons. The molecule has 0 radical (unpaired) electrons. The normalized spacial score (nSPS) is 11.6. The number of rotatable bonds is 13. The van der Waals surface area contributed by atoms with Crippen molar-refractivity contribution in [2.45, 2.75) is 30.4 Å². The lowest BCUT2D eigenvalue weighted by Crippen LogP contribution is -2.30. The number of nitrogens with zero attached hydrogens (tertiary/aromatic N) is 1. The molecule has 4 aromatic rings. The Bertz CT molecular complexity index is 1690. The van der Waals surface area contributed by atoms with Gasteiger partial charge in [0, 0.05) is 39.5 Å². The zero-order valence-electron chi connectivity index (χ0n) is 24.7. The van der Waals surface area contributed by atoms with Gasteiger partial charge in [0.15, 0.2) is 0 Å². The number of nitro benzene ring substituents is 1. The monoisotopic (exact) mass is 624 g/mol. The molecule has 0 bridgehead atoms. The molecule has 0 saturated carbocycles. The molecule has 0 heterocycles. The zero-order valence-corrected chi connectivity index (χ0v) is 25.5. The largest absolute Gasteiger partial charge is 0.493 e. The minimum atomic E-state index is -0.546. The van der Waals surface area contributed by atoms with E-state index in [1.807, 2.05) is 32.0 Å². The second-order valence-electron chi connectivity index (χ2n) is 9.64. The van der Waals surface area contributed by atoms with Crippen molar-refractivity contribution in [3.63, 3.8) is 0 Å². The van der Waals surface area contributed by atoms with Crippen LogP contribution >= 0.6 is 11.8 Å². The molecule has 4 aromatic carbocycles. The Morgan fingerprint density at radius 3 is 2.27 bits per heavy atom. The molecule has 0 saturated heterocycles. The van der Waals surface area contributed by atoms with Gasteiger partial charge in [-0.2, -0.15) is 0 Å². The number of nitro groups is 1. The fraction of sp³-hybridized carbons (Fsp3) is 0.147. The molecule has 1 unspecified atom stereocenters. The van der Waals surface area contributed by atoms with Gasteiger partial charge in [0.2, 0.25) is 5.91 Å². The van der Waals surface area contributed by atoms with Gasteiger partial charge in [-0.05, 0) is 68.0 Å². The summed E-state index contributed by atoms with van der Waals surface area (Å²) in [7, 11) is 0. The van der Waals surface area contributed by atoms with Crippen LogP contribution in [-0.2, 0) is 9.59 Å². The number of para-hydroxylation sites is 1. The number of ether oxygens (including phenoxy) is 1. The minimum absolute atomic E-state index is 0.0166. The van der Waals surface area contributed by atoms with Gasteiger partial charge in [0.05, 0.1) is 16.8 Å². The third-order valence-corrected chi connectivity index (χ3v) is 7.78. The Labute approximate surface area is 265 Å². The van der Waals surface area contributed by atoms with Crippen LogP contribution in [0.2, 0.25) is 0 Å². The number of non-ortho nitro benzene ring substituents is 1. The summed E-state index contributed by atoms with van der Waals surface area (Å²) in [6, 6.07) is 28.5. The summed E-state index contributed by atoms with van der Waals surface area (Å²) in [5, 5.41) is 18.8. The first-order valence-corrected chi connectivity index (χ1v) is 15.1. The van der Waals surface area contributed by atoms with Crippen LogP contribution in [0.4, 0.5) is 17.1 Å². The Balaban J connectivity index is 1.51. The molecular weight excluding hydrogens is 592 g/mol. The van der Waals surface area contributed by atoms with E-state index in [2.05, 4.69) is 16.0 Å². The summed E-state index contributed by atoms with van der Waals surface area (Å²) in [4.78, 5) is 50.7. The quantitative estimate of drug-likeness (QED) is 0.0635. The number of carbonyl (C=O) groups is 3. The number of thioether (sulfide) groups is 1. The summed E-state index contributed by atoms with van der Waals surface area (Å²) in [5.41, 5.74) is 1.88. The number of hydrogen-bond donors (Lipinski definition) is 3. The second-order valence-corrected chi connectivity index (χ2v) is 10.9. The van der Waals surface area contributed by atoms with Crippen LogP contribution in [0.25, 0.3) is 6.08 Å². The lowest BCUT2D eigenvalue weighted by Gasteiger charge is -2.16. The molecule has 45 heavy (non-hydrogen) atoms. The van der Waals surface area contributed by atoms with E-state index < -0.39 is 22.0 Å². The van der Waals surface area contributed by atoms with E-state index >= 15 is 0 Å². The highest BCUT2D eigenvalue weighted by Crippen LogP contribution is 2.29. The van der Waals surface area contributed by atoms with Crippen molar-refractivity contribution >= 4 is 52.6 Å². The first kappa shape index (κ1) is 32.5. The summed E-state index contributed by atoms with van der Waals surface area (Å²) in [5.74, 6) is -0.682. The fourth-order valence-corrected chi connectivity index (χ4v) is 5.22. The number of hydrogen-bond acceptors (Lipinski definition) is 7. The van der Waals surface area contributed by atoms with Gasteiger partial charge >= 0.3 is 0 Å². The highest BCUT2D eigenvalue weighted by molar-refractivity contribution is 8.00. The predicted octanol–water partition coefficient (Wildman–Crippen LogP) is 6.91. The molecule has 0 fully saturated rings. The second kappa shape index (κ2) is 15.9. The number of carbonyl (C=O) groups excluding carboxylic acids is 3. The average Bonchev–Trinajstić information content (AvgIpc) is 3.05. The van der Waals surface area contributed by atoms with E-state index in [-0.39, 0.29) is 17.3 Å². The average molecular weight is 625 g/mol. The Hall–Kier alpha value is -5.42. The first-order chi connectivity index (χ1) is 21.8. The van der Waals surface area contributed by atoms with E-state index in [0.29, 0.717) is 41.3 Å². The summed E-state index contributed by atoms with van der Waals surface area (Å²) in [6.45, 7) is 4.17. The fourth-order valence-electron chi connectivity index (χ4n) is 4.21. The van der Waals surface area contributed by atoms with E-state index in [1.165, 1.54) is 36.0 Å². The highest BCUT2D eigenvalue weighted by Gasteiger charge is 2.20. The van der Waals surface area contributed by atoms with Crippen LogP contribution in [0.3, 0.4) is 0 Å². The van der Waals surface area contributed by atoms with E-state index in [0.717, 1.165) is 4.90 Å². The Morgan fingerprint density at radius 1 is 0.867 bits per heavy atom. The maximum absolute atomic E-state index is 13.6. The topological polar surface area (TPSA) is 140 Å². The maximum atomic E-state index is 13.6. The van der Waals surface area contributed by atoms with Gasteiger partial charge < -0.3 is 20.7 Å². The molecule has 3 N–H and O–H groups in total. The molecule has 0 aliphatic heterocycles. The third kappa shape index (κ3) is 9.28. The van der Waals surface area contributed by atoms with Crippen LogP contribution in [-0.4, -0.2) is 34.5 Å². The van der Waals surface area contributed by atoms with Crippen LogP contribution in [0, 0.1) is 10.1 Å². The molecule has 11 heteroatoms. The van der Waals surface area contributed by atoms with Gasteiger partial charge in [-0.25, -0.2) is 0 Å². The van der Waals surface area contributed by atoms with Crippen molar-refractivity contribution in [3.8, 4) is 5.75 Å². The van der Waals surface area contributed by atoms with Crippen molar-refractivity contribution in [2.24, 2.45) is 0 Å². The SMILES string of the molecule is CCOc1ccccc1/C=C(/NC(=O)c1ccccc1)C(=O)Nc1cccc(SC(CC)C(=O)Nc2ccc([N+](=O)[O-])cc2)c1. The van der Waals surface area contributed by atoms with Crippen molar-refractivity contribution < 1.29 is 24.0 Å². The maximum Gasteiger partial charge on any atom is 0.272 e. The molecular formula is C34H32N4O6S. The van der Waals surface area contributed by atoms with Crippen LogP contribution in [0.1, 0.15) is 36.2 Å². The summed E-state index contributed by atoms with van der Waals surface area (Å²) >= 11 is 1.32. The lowest BCUT2D eigenvalue weighted by molar-refractivity contribution is -0.384. The standard InChI is InChI=1S/C34H32N4O6S/c1-3-31(34(41)35-25-17-19-27(20-18-25)38(42)43)45-28-15-10-14-26(22-28)36-33(40)29(37-32(39)23-11-6-5-7-12-23)21-24-13-8-9-16-30(24)44-4-2/h5-22,31H,3-4H2,1-2H3,(H,35,41)(H,36,40)(H,37,39)/b29-21+. The zero-order chi connectivity index (χ0) is 32.2. The van der Waals surface area contributed by atoms with Crippen molar-refractivity contribution in [1.29, 1.82) is 0 Å². The number of anilines is 2.